The number of anilines is 1. The minimum absolute atomic E-state index is 0.0579. The number of nitrogens with zero attached hydrogens (tertiary/aromatic N) is 1. The molecule has 26 heavy (non-hydrogen) atoms. The van der Waals surface area contributed by atoms with Crippen molar-refractivity contribution in [3.05, 3.63) is 59.1 Å². The minimum Gasteiger partial charge on any atom is -0.488 e. The van der Waals surface area contributed by atoms with E-state index in [9.17, 15) is 9.59 Å². The van der Waals surface area contributed by atoms with Gasteiger partial charge in [0, 0.05) is 30.1 Å². The van der Waals surface area contributed by atoms with Crippen LogP contribution in [-0.4, -0.2) is 31.0 Å². The van der Waals surface area contributed by atoms with Crippen LogP contribution in [0.1, 0.15) is 12.0 Å². The van der Waals surface area contributed by atoms with Gasteiger partial charge < -0.3 is 15.0 Å². The number of nitrogens with one attached hydrogen (secondary N) is 1. The summed E-state index contributed by atoms with van der Waals surface area (Å²) in [6, 6.07) is 15.0. The van der Waals surface area contributed by atoms with Crippen LogP contribution in [0, 0.1) is 5.92 Å². The molecule has 134 valence electrons. The molecule has 2 aromatic rings. The molecule has 0 aromatic heterocycles. The Morgan fingerprint density at radius 3 is 2.85 bits per heavy atom. The lowest BCUT2D eigenvalue weighted by atomic mass is 10.1. The highest BCUT2D eigenvalue weighted by molar-refractivity contribution is 6.31. The van der Waals surface area contributed by atoms with Crippen molar-refractivity contribution in [3.8, 4) is 5.75 Å². The number of fused-ring (bicyclic) bond motifs is 1. The van der Waals surface area contributed by atoms with Gasteiger partial charge in [0.2, 0.25) is 11.8 Å². The Kier molecular flexibility index (Phi) is 4.55. The number of rotatable bonds is 4. The molecule has 0 bridgehead atoms. The molecule has 2 atom stereocenters. The molecule has 2 heterocycles. The smallest absolute Gasteiger partial charge is 0.227 e. The van der Waals surface area contributed by atoms with Crippen molar-refractivity contribution < 1.29 is 14.3 Å². The van der Waals surface area contributed by atoms with Gasteiger partial charge in [-0.2, -0.15) is 0 Å². The van der Waals surface area contributed by atoms with Crippen molar-refractivity contribution in [1.29, 1.82) is 0 Å². The van der Waals surface area contributed by atoms with Gasteiger partial charge in [0.25, 0.3) is 0 Å². The van der Waals surface area contributed by atoms with Gasteiger partial charge in [0.05, 0.1) is 12.5 Å². The molecule has 1 N–H and O–H groups in total. The van der Waals surface area contributed by atoms with Crippen LogP contribution in [-0.2, 0) is 16.0 Å². The van der Waals surface area contributed by atoms with Crippen LogP contribution in [0.4, 0.5) is 5.69 Å². The second-order valence-corrected chi connectivity index (χ2v) is 7.12. The van der Waals surface area contributed by atoms with Crippen LogP contribution in [0.3, 0.4) is 0 Å². The summed E-state index contributed by atoms with van der Waals surface area (Å²) in [5.41, 5.74) is 1.89. The Balaban J connectivity index is 1.33. The Morgan fingerprint density at radius 1 is 1.19 bits per heavy atom. The zero-order valence-corrected chi connectivity index (χ0v) is 14.9. The predicted molar refractivity (Wildman–Crippen MR) is 99.5 cm³/mol. The van der Waals surface area contributed by atoms with Gasteiger partial charge in [0.15, 0.2) is 0 Å². The number of hydrogen-bond acceptors (Lipinski definition) is 3. The zero-order valence-electron chi connectivity index (χ0n) is 14.2. The topological polar surface area (TPSA) is 58.6 Å². The molecular formula is C20H19ClN2O3. The molecule has 0 saturated carbocycles. The number of amides is 2. The van der Waals surface area contributed by atoms with Crippen molar-refractivity contribution in [2.24, 2.45) is 5.92 Å². The average Bonchev–Trinajstić information content (AvgIpc) is 3.22. The van der Waals surface area contributed by atoms with Crippen LogP contribution >= 0.6 is 11.6 Å². The summed E-state index contributed by atoms with van der Waals surface area (Å²) in [6.07, 6.45) is 0.941. The largest absolute Gasteiger partial charge is 0.488 e. The second kappa shape index (κ2) is 7.00. The van der Waals surface area contributed by atoms with Crippen LogP contribution in [0.15, 0.2) is 48.5 Å². The van der Waals surface area contributed by atoms with E-state index in [1.54, 1.807) is 23.1 Å². The van der Waals surface area contributed by atoms with Crippen molar-refractivity contribution in [2.75, 3.05) is 18.0 Å². The SMILES string of the molecule is O=C(NCC1Cc2ccccc2O1)C1CC(=O)N(c2cccc(Cl)c2)C1. The standard InChI is InChI=1S/C20H19ClN2O3/c21-15-5-3-6-16(10-15)23-12-14(9-19(23)24)20(25)22-11-17-8-13-4-1-2-7-18(13)26-17/h1-7,10,14,17H,8-9,11-12H2,(H,22,25). The minimum atomic E-state index is -0.356. The summed E-state index contributed by atoms with van der Waals surface area (Å²) in [7, 11) is 0. The van der Waals surface area contributed by atoms with Crippen molar-refractivity contribution >= 4 is 29.1 Å². The van der Waals surface area contributed by atoms with Crippen molar-refractivity contribution in [2.45, 2.75) is 18.9 Å². The lowest BCUT2D eigenvalue weighted by Gasteiger charge is -2.17. The summed E-state index contributed by atoms with van der Waals surface area (Å²) in [4.78, 5) is 26.4. The molecule has 2 aliphatic heterocycles. The maximum Gasteiger partial charge on any atom is 0.227 e. The molecule has 2 aliphatic rings. The highest BCUT2D eigenvalue weighted by atomic mass is 35.5. The maximum absolute atomic E-state index is 12.5. The number of para-hydroxylation sites is 1. The summed E-state index contributed by atoms with van der Waals surface area (Å²) >= 11 is 6.00. The Morgan fingerprint density at radius 2 is 2.04 bits per heavy atom. The van der Waals surface area contributed by atoms with Gasteiger partial charge in [-0.15, -0.1) is 0 Å². The zero-order chi connectivity index (χ0) is 18.1. The van der Waals surface area contributed by atoms with Gasteiger partial charge in [-0.3, -0.25) is 9.59 Å². The molecular weight excluding hydrogens is 352 g/mol. The molecule has 6 heteroatoms. The van der Waals surface area contributed by atoms with Crippen LogP contribution in [0.2, 0.25) is 5.02 Å². The van der Waals surface area contributed by atoms with Gasteiger partial charge in [-0.05, 0) is 29.8 Å². The quantitative estimate of drug-likeness (QED) is 0.900. The third kappa shape index (κ3) is 3.40. The lowest BCUT2D eigenvalue weighted by molar-refractivity contribution is -0.126. The van der Waals surface area contributed by atoms with Crippen LogP contribution in [0.5, 0.6) is 5.75 Å². The fourth-order valence-corrected chi connectivity index (χ4v) is 3.69. The van der Waals surface area contributed by atoms with Crippen LogP contribution in [0.25, 0.3) is 0 Å². The second-order valence-electron chi connectivity index (χ2n) is 6.68. The predicted octanol–water partition coefficient (Wildman–Crippen LogP) is 2.81. The van der Waals surface area contributed by atoms with E-state index < -0.39 is 0 Å². The highest BCUT2D eigenvalue weighted by Crippen LogP contribution is 2.29. The summed E-state index contributed by atoms with van der Waals surface area (Å²) in [5.74, 6) is 0.361. The first-order valence-corrected chi connectivity index (χ1v) is 9.06. The summed E-state index contributed by atoms with van der Waals surface area (Å²) in [6.45, 7) is 0.812. The van der Waals surface area contributed by atoms with E-state index in [1.165, 1.54) is 0 Å². The highest BCUT2D eigenvalue weighted by Gasteiger charge is 2.35. The van der Waals surface area contributed by atoms with E-state index >= 15 is 0 Å². The van der Waals surface area contributed by atoms with E-state index in [2.05, 4.69) is 5.32 Å². The molecule has 2 aromatic carbocycles. The van der Waals surface area contributed by atoms with E-state index in [0.717, 1.165) is 23.4 Å². The van der Waals surface area contributed by atoms with E-state index in [-0.39, 0.29) is 30.3 Å². The van der Waals surface area contributed by atoms with E-state index in [0.29, 0.717) is 18.1 Å². The summed E-state index contributed by atoms with van der Waals surface area (Å²) < 4.78 is 5.84. The van der Waals surface area contributed by atoms with E-state index in [1.807, 2.05) is 30.3 Å². The maximum atomic E-state index is 12.5. The van der Waals surface area contributed by atoms with Crippen molar-refractivity contribution in [3.63, 3.8) is 0 Å². The van der Waals surface area contributed by atoms with E-state index in [4.69, 9.17) is 16.3 Å². The number of halogens is 1. The first-order valence-electron chi connectivity index (χ1n) is 8.68. The average molecular weight is 371 g/mol. The molecule has 1 fully saturated rings. The molecule has 5 nitrogen and oxygen atoms in total. The number of hydrogen-bond donors (Lipinski definition) is 1. The fraction of sp³-hybridized carbons (Fsp3) is 0.300. The Bertz CT molecular complexity index is 829. The third-order valence-electron chi connectivity index (χ3n) is 4.83. The molecule has 2 amide bonds. The number of ether oxygens (including phenoxy) is 1. The monoisotopic (exact) mass is 370 g/mol. The normalized spacial score (nSPS) is 21.4. The molecule has 1 saturated heterocycles. The van der Waals surface area contributed by atoms with Crippen molar-refractivity contribution in [1.82, 2.24) is 5.32 Å². The van der Waals surface area contributed by atoms with Gasteiger partial charge >= 0.3 is 0 Å². The fourth-order valence-electron chi connectivity index (χ4n) is 3.50. The Labute approximate surface area is 156 Å². The Hall–Kier alpha value is -2.53. The van der Waals surface area contributed by atoms with Crippen LogP contribution < -0.4 is 15.0 Å². The molecule has 0 spiro atoms. The lowest BCUT2D eigenvalue weighted by Crippen LogP contribution is -2.39. The number of carbonyl (C=O) groups is 2. The molecule has 4 rings (SSSR count). The molecule has 0 aliphatic carbocycles. The number of benzene rings is 2. The first kappa shape index (κ1) is 16.9. The third-order valence-corrected chi connectivity index (χ3v) is 5.07. The first-order chi connectivity index (χ1) is 12.6. The molecule has 2 unspecified atom stereocenters. The van der Waals surface area contributed by atoms with Gasteiger partial charge in [-0.1, -0.05) is 35.9 Å². The molecule has 0 radical (unpaired) electrons. The summed E-state index contributed by atoms with van der Waals surface area (Å²) in [5, 5.41) is 3.51. The number of carbonyl (C=O) groups excluding carboxylic acids is 2. The van der Waals surface area contributed by atoms with Gasteiger partial charge in [0.1, 0.15) is 11.9 Å². The van der Waals surface area contributed by atoms with Gasteiger partial charge in [-0.25, -0.2) is 0 Å².